The Morgan fingerprint density at radius 3 is 2.39 bits per heavy atom. The zero-order valence-electron chi connectivity index (χ0n) is 12.7. The zero-order valence-corrected chi connectivity index (χ0v) is 13.5. The van der Waals surface area contributed by atoms with Crippen LogP contribution in [0, 0.1) is 0 Å². The minimum absolute atomic E-state index is 0.259. The molecule has 122 valence electrons. The van der Waals surface area contributed by atoms with E-state index in [0.717, 1.165) is 6.20 Å². The van der Waals surface area contributed by atoms with Crippen molar-refractivity contribution in [2.45, 2.75) is 19.6 Å². The third-order valence-electron chi connectivity index (χ3n) is 2.94. The molecule has 8 heteroatoms. The number of halogens is 1. The summed E-state index contributed by atoms with van der Waals surface area (Å²) in [6.45, 7) is 2.91. The van der Waals surface area contributed by atoms with Gasteiger partial charge in [0.25, 0.3) is 11.7 Å². The van der Waals surface area contributed by atoms with Crippen LogP contribution in [0.2, 0.25) is 5.02 Å². The van der Waals surface area contributed by atoms with Crippen LogP contribution >= 0.6 is 11.6 Å². The van der Waals surface area contributed by atoms with Crippen molar-refractivity contribution in [2.24, 2.45) is 0 Å². The highest BCUT2D eigenvalue weighted by Crippen LogP contribution is 2.24. The summed E-state index contributed by atoms with van der Waals surface area (Å²) in [5, 5.41) is 5.58. The standard InChI is InChI=1S/C15H15ClN2O5/c1-15(2)22-13(20)10(14(21)23-15)7-18-11-5-4-8(16)6-9(11)12(19)17-3/h4-7,18H,1-3H3,(H,17,19). The van der Waals surface area contributed by atoms with Crippen LogP contribution < -0.4 is 10.6 Å². The number of carbonyl (C=O) groups excluding carboxylic acids is 3. The van der Waals surface area contributed by atoms with E-state index >= 15 is 0 Å². The second-order valence-corrected chi connectivity index (χ2v) is 5.59. The molecule has 0 atom stereocenters. The van der Waals surface area contributed by atoms with E-state index in [2.05, 4.69) is 10.6 Å². The minimum atomic E-state index is -1.31. The van der Waals surface area contributed by atoms with Crippen molar-refractivity contribution < 1.29 is 23.9 Å². The van der Waals surface area contributed by atoms with E-state index in [4.69, 9.17) is 21.1 Å². The predicted octanol–water partition coefficient (Wildman–Crippen LogP) is 1.83. The third kappa shape index (κ3) is 3.81. The molecule has 0 unspecified atom stereocenters. The van der Waals surface area contributed by atoms with Gasteiger partial charge in [-0.2, -0.15) is 0 Å². The van der Waals surface area contributed by atoms with Gasteiger partial charge in [0.05, 0.1) is 11.3 Å². The fourth-order valence-electron chi connectivity index (χ4n) is 1.89. The number of rotatable bonds is 3. The maximum absolute atomic E-state index is 11.8. The molecule has 2 rings (SSSR count). The monoisotopic (exact) mass is 338 g/mol. The van der Waals surface area contributed by atoms with Crippen LogP contribution in [0.3, 0.4) is 0 Å². The van der Waals surface area contributed by atoms with Crippen LogP contribution in [-0.2, 0) is 19.1 Å². The molecule has 1 fully saturated rings. The molecule has 23 heavy (non-hydrogen) atoms. The Hall–Kier alpha value is -2.54. The van der Waals surface area contributed by atoms with Gasteiger partial charge in [0, 0.05) is 32.1 Å². The predicted molar refractivity (Wildman–Crippen MR) is 82.8 cm³/mol. The van der Waals surface area contributed by atoms with Gasteiger partial charge in [-0.3, -0.25) is 4.79 Å². The van der Waals surface area contributed by atoms with Crippen molar-refractivity contribution in [2.75, 3.05) is 12.4 Å². The lowest BCUT2D eigenvalue weighted by molar-refractivity contribution is -0.222. The van der Waals surface area contributed by atoms with E-state index < -0.39 is 17.7 Å². The summed E-state index contributed by atoms with van der Waals surface area (Å²) in [5.74, 6) is -3.30. The molecule has 0 aromatic heterocycles. The second kappa shape index (κ2) is 6.29. The summed E-state index contributed by atoms with van der Waals surface area (Å²) >= 11 is 5.87. The second-order valence-electron chi connectivity index (χ2n) is 5.15. The van der Waals surface area contributed by atoms with Gasteiger partial charge in [0.15, 0.2) is 5.57 Å². The average molecular weight is 339 g/mol. The van der Waals surface area contributed by atoms with Crippen LogP contribution in [0.5, 0.6) is 0 Å². The highest BCUT2D eigenvalue weighted by Gasteiger charge is 2.39. The van der Waals surface area contributed by atoms with E-state index in [0.29, 0.717) is 10.7 Å². The van der Waals surface area contributed by atoms with Gasteiger partial charge < -0.3 is 20.1 Å². The maximum Gasteiger partial charge on any atom is 0.350 e. The molecule has 1 aliphatic heterocycles. The first kappa shape index (κ1) is 16.8. The molecule has 1 aromatic rings. The lowest BCUT2D eigenvalue weighted by Crippen LogP contribution is -2.42. The van der Waals surface area contributed by atoms with Gasteiger partial charge >= 0.3 is 11.9 Å². The molecule has 0 aliphatic carbocycles. The number of carbonyl (C=O) groups is 3. The van der Waals surface area contributed by atoms with E-state index in [1.807, 2.05) is 0 Å². The summed E-state index contributed by atoms with van der Waals surface area (Å²) in [7, 11) is 1.48. The number of anilines is 1. The number of amides is 1. The number of hydrogen-bond acceptors (Lipinski definition) is 6. The summed E-state index contributed by atoms with van der Waals surface area (Å²) in [6.07, 6.45) is 1.13. The molecule has 2 N–H and O–H groups in total. The SMILES string of the molecule is CNC(=O)c1cc(Cl)ccc1NC=C1C(=O)OC(C)(C)OC1=O. The van der Waals surface area contributed by atoms with Crippen LogP contribution in [0.15, 0.2) is 30.0 Å². The van der Waals surface area contributed by atoms with E-state index in [1.165, 1.54) is 27.0 Å². The van der Waals surface area contributed by atoms with Crippen LogP contribution in [0.25, 0.3) is 0 Å². The van der Waals surface area contributed by atoms with Crippen LogP contribution in [0.4, 0.5) is 5.69 Å². The number of ether oxygens (including phenoxy) is 2. The Morgan fingerprint density at radius 2 is 1.83 bits per heavy atom. The molecule has 7 nitrogen and oxygen atoms in total. The summed E-state index contributed by atoms with van der Waals surface area (Å²) in [5.41, 5.74) is 0.323. The van der Waals surface area contributed by atoms with Gasteiger partial charge in [-0.1, -0.05) is 11.6 Å². The zero-order chi connectivity index (χ0) is 17.2. The maximum atomic E-state index is 11.8. The molecule has 0 saturated carbocycles. The highest BCUT2D eigenvalue weighted by molar-refractivity contribution is 6.31. The third-order valence-corrected chi connectivity index (χ3v) is 3.18. The molecule has 1 amide bonds. The van der Waals surface area contributed by atoms with Gasteiger partial charge in [0.1, 0.15) is 0 Å². The lowest BCUT2D eigenvalue weighted by Gasteiger charge is -2.29. The fraction of sp³-hybridized carbons (Fsp3) is 0.267. The quantitative estimate of drug-likeness (QED) is 0.496. The first-order valence-corrected chi connectivity index (χ1v) is 7.06. The molecular formula is C15H15ClN2O5. The Kier molecular flexibility index (Phi) is 4.60. The Labute approximate surface area is 137 Å². The molecule has 0 radical (unpaired) electrons. The highest BCUT2D eigenvalue weighted by atomic mass is 35.5. The minimum Gasteiger partial charge on any atom is -0.419 e. The Bertz CT molecular complexity index is 690. The lowest BCUT2D eigenvalue weighted by atomic mass is 10.1. The van der Waals surface area contributed by atoms with Crippen molar-refractivity contribution in [3.63, 3.8) is 0 Å². The number of esters is 2. The average Bonchev–Trinajstić information content (AvgIpc) is 2.45. The first-order valence-electron chi connectivity index (χ1n) is 6.68. The molecule has 1 heterocycles. The molecular weight excluding hydrogens is 324 g/mol. The van der Waals surface area contributed by atoms with Crippen LogP contribution in [0.1, 0.15) is 24.2 Å². The summed E-state index contributed by atoms with van der Waals surface area (Å²) in [6, 6.07) is 4.57. The smallest absolute Gasteiger partial charge is 0.350 e. The normalized spacial score (nSPS) is 16.3. The molecule has 0 bridgehead atoms. The van der Waals surface area contributed by atoms with Gasteiger partial charge in [-0.15, -0.1) is 0 Å². The Morgan fingerprint density at radius 1 is 1.22 bits per heavy atom. The van der Waals surface area contributed by atoms with E-state index in [9.17, 15) is 14.4 Å². The van der Waals surface area contributed by atoms with Crippen molar-refractivity contribution in [1.29, 1.82) is 0 Å². The van der Waals surface area contributed by atoms with Gasteiger partial charge in [-0.25, -0.2) is 9.59 Å². The molecule has 1 saturated heterocycles. The van der Waals surface area contributed by atoms with Crippen molar-refractivity contribution in [1.82, 2.24) is 5.32 Å². The van der Waals surface area contributed by atoms with Crippen molar-refractivity contribution in [3.05, 3.63) is 40.6 Å². The first-order chi connectivity index (χ1) is 10.7. The van der Waals surface area contributed by atoms with Gasteiger partial charge in [-0.05, 0) is 18.2 Å². The topological polar surface area (TPSA) is 93.7 Å². The molecule has 1 aromatic carbocycles. The largest absolute Gasteiger partial charge is 0.419 e. The fourth-order valence-corrected chi connectivity index (χ4v) is 2.07. The number of benzene rings is 1. The Balaban J connectivity index is 2.28. The van der Waals surface area contributed by atoms with Gasteiger partial charge in [0.2, 0.25) is 0 Å². The van der Waals surface area contributed by atoms with Crippen LogP contribution in [-0.4, -0.2) is 30.7 Å². The van der Waals surface area contributed by atoms with E-state index in [-0.39, 0.29) is 17.0 Å². The van der Waals surface area contributed by atoms with E-state index in [1.54, 1.807) is 12.1 Å². The number of cyclic esters (lactones) is 2. The summed E-state index contributed by atoms with van der Waals surface area (Å²) in [4.78, 5) is 35.5. The molecule has 0 spiro atoms. The molecule has 1 aliphatic rings. The van der Waals surface area contributed by atoms with Crippen molar-refractivity contribution in [3.8, 4) is 0 Å². The van der Waals surface area contributed by atoms with Crippen molar-refractivity contribution >= 4 is 35.1 Å². The summed E-state index contributed by atoms with van der Waals surface area (Å²) < 4.78 is 9.94. The number of hydrogen-bond donors (Lipinski definition) is 2. The number of nitrogens with one attached hydrogen (secondary N) is 2.